The van der Waals surface area contributed by atoms with E-state index in [1.807, 2.05) is 6.07 Å². The van der Waals surface area contributed by atoms with E-state index in [-0.39, 0.29) is 0 Å². The lowest BCUT2D eigenvalue weighted by atomic mass is 10.2. The number of rotatable bonds is 5. The van der Waals surface area contributed by atoms with Crippen LogP contribution in [-0.2, 0) is 0 Å². The quantitative estimate of drug-likeness (QED) is 0.781. The van der Waals surface area contributed by atoms with Crippen LogP contribution >= 0.6 is 27.5 Å². The van der Waals surface area contributed by atoms with Crippen LogP contribution in [0.15, 0.2) is 16.7 Å². The summed E-state index contributed by atoms with van der Waals surface area (Å²) in [6.07, 6.45) is 2.61. The smallest absolute Gasteiger partial charge is 0.143 e. The van der Waals surface area contributed by atoms with Crippen molar-refractivity contribution in [3.63, 3.8) is 0 Å². The summed E-state index contributed by atoms with van der Waals surface area (Å²) in [7, 11) is 4.12. The summed E-state index contributed by atoms with van der Waals surface area (Å²) in [6.45, 7) is 2.84. The molecule has 1 aromatic rings. The van der Waals surface area contributed by atoms with E-state index in [2.05, 4.69) is 46.8 Å². The first kappa shape index (κ1) is 13.7. The zero-order valence-corrected chi connectivity index (χ0v) is 12.0. The number of halogens is 2. The van der Waals surface area contributed by atoms with Crippen LogP contribution in [0.1, 0.15) is 13.3 Å². The highest BCUT2D eigenvalue weighted by Crippen LogP contribution is 2.24. The van der Waals surface area contributed by atoms with Crippen molar-refractivity contribution in [3.05, 3.63) is 21.9 Å². The van der Waals surface area contributed by atoms with Gasteiger partial charge in [-0.05, 0) is 49.4 Å². The topological polar surface area (TPSA) is 25.4 Å². The van der Waals surface area contributed by atoms with Gasteiger partial charge in [-0.25, -0.2) is 4.98 Å². The van der Waals surface area contributed by atoms with E-state index in [4.69, 9.17) is 16.3 Å². The summed E-state index contributed by atoms with van der Waals surface area (Å²) in [4.78, 5) is 6.16. The van der Waals surface area contributed by atoms with Crippen molar-refractivity contribution in [3.8, 4) is 5.75 Å². The maximum Gasteiger partial charge on any atom is 0.143 e. The molecule has 0 aromatic carbocycles. The van der Waals surface area contributed by atoms with Crippen LogP contribution in [0.25, 0.3) is 0 Å². The molecule has 90 valence electrons. The van der Waals surface area contributed by atoms with Crippen molar-refractivity contribution in [2.45, 2.75) is 19.4 Å². The van der Waals surface area contributed by atoms with Crippen LogP contribution in [0.4, 0.5) is 0 Å². The van der Waals surface area contributed by atoms with Crippen molar-refractivity contribution < 1.29 is 4.74 Å². The van der Waals surface area contributed by atoms with Gasteiger partial charge in [-0.1, -0.05) is 11.6 Å². The van der Waals surface area contributed by atoms with Gasteiger partial charge in [-0.2, -0.15) is 0 Å². The van der Waals surface area contributed by atoms with E-state index in [1.54, 1.807) is 6.20 Å². The lowest BCUT2D eigenvalue weighted by Gasteiger charge is -2.19. The molecule has 0 aliphatic rings. The summed E-state index contributed by atoms with van der Waals surface area (Å²) < 4.78 is 6.34. The van der Waals surface area contributed by atoms with E-state index in [0.29, 0.717) is 17.8 Å². The lowest BCUT2D eigenvalue weighted by Crippen LogP contribution is -2.26. The molecule has 0 spiro atoms. The molecule has 0 aliphatic heterocycles. The average Bonchev–Trinajstić information content (AvgIpc) is 2.23. The van der Waals surface area contributed by atoms with Crippen LogP contribution < -0.4 is 4.74 Å². The second-order valence-electron chi connectivity index (χ2n) is 3.89. The lowest BCUT2D eigenvalue weighted by molar-refractivity contribution is 0.233. The molecule has 1 unspecified atom stereocenters. The maximum atomic E-state index is 5.79. The number of pyridine rings is 1. The largest absolute Gasteiger partial charge is 0.492 e. The van der Waals surface area contributed by atoms with Gasteiger partial charge in [0.2, 0.25) is 0 Å². The predicted molar refractivity (Wildman–Crippen MR) is 70.2 cm³/mol. The second-order valence-corrected chi connectivity index (χ2v) is 5.11. The maximum absolute atomic E-state index is 5.79. The van der Waals surface area contributed by atoms with E-state index < -0.39 is 0 Å². The van der Waals surface area contributed by atoms with Crippen molar-refractivity contribution >= 4 is 27.5 Å². The van der Waals surface area contributed by atoms with Gasteiger partial charge in [0, 0.05) is 6.04 Å². The molecule has 0 N–H and O–H groups in total. The Morgan fingerprint density at radius 1 is 1.56 bits per heavy atom. The van der Waals surface area contributed by atoms with Crippen LogP contribution in [0.2, 0.25) is 5.15 Å². The Morgan fingerprint density at radius 3 is 2.81 bits per heavy atom. The van der Waals surface area contributed by atoms with E-state index in [1.165, 1.54) is 0 Å². The van der Waals surface area contributed by atoms with Gasteiger partial charge in [-0.15, -0.1) is 0 Å². The first-order chi connectivity index (χ1) is 7.50. The van der Waals surface area contributed by atoms with Gasteiger partial charge in [0.05, 0.1) is 17.3 Å². The van der Waals surface area contributed by atoms with Gasteiger partial charge in [-0.3, -0.25) is 0 Å². The summed E-state index contributed by atoms with van der Waals surface area (Å²) in [6, 6.07) is 2.33. The number of aromatic nitrogens is 1. The molecule has 1 atom stereocenters. The number of ether oxygens (including phenoxy) is 1. The van der Waals surface area contributed by atoms with Gasteiger partial charge in [0.15, 0.2) is 0 Å². The molecule has 1 rings (SSSR count). The van der Waals surface area contributed by atoms with Gasteiger partial charge >= 0.3 is 0 Å². The van der Waals surface area contributed by atoms with E-state index in [0.717, 1.165) is 16.6 Å². The predicted octanol–water partition coefficient (Wildman–Crippen LogP) is 3.22. The van der Waals surface area contributed by atoms with Gasteiger partial charge in [0.25, 0.3) is 0 Å². The van der Waals surface area contributed by atoms with Crippen LogP contribution in [0, 0.1) is 0 Å². The highest BCUT2D eigenvalue weighted by Gasteiger charge is 2.05. The molecular weight excluding hydrogens is 291 g/mol. The third-order valence-electron chi connectivity index (χ3n) is 2.46. The molecule has 0 fully saturated rings. The van der Waals surface area contributed by atoms with Crippen LogP contribution in [-0.4, -0.2) is 36.6 Å². The molecule has 0 saturated heterocycles. The van der Waals surface area contributed by atoms with Crippen LogP contribution in [0.5, 0.6) is 5.75 Å². The molecule has 1 aromatic heterocycles. The zero-order valence-electron chi connectivity index (χ0n) is 9.70. The van der Waals surface area contributed by atoms with E-state index >= 15 is 0 Å². The molecule has 3 nitrogen and oxygen atoms in total. The molecule has 0 saturated carbocycles. The van der Waals surface area contributed by atoms with Crippen molar-refractivity contribution in [2.24, 2.45) is 0 Å². The fourth-order valence-corrected chi connectivity index (χ4v) is 1.52. The Hall–Kier alpha value is -0.320. The van der Waals surface area contributed by atoms with Crippen molar-refractivity contribution in [2.75, 3.05) is 20.7 Å². The molecular formula is C11H16BrClN2O. The van der Waals surface area contributed by atoms with Crippen molar-refractivity contribution in [1.82, 2.24) is 9.88 Å². The normalized spacial score (nSPS) is 12.9. The molecule has 0 amide bonds. The minimum absolute atomic E-state index is 0.453. The Bertz CT molecular complexity index is 347. The minimum atomic E-state index is 0.453. The summed E-state index contributed by atoms with van der Waals surface area (Å²) in [5, 5.41) is 0.453. The van der Waals surface area contributed by atoms with Gasteiger partial charge < -0.3 is 9.64 Å². The first-order valence-corrected chi connectivity index (χ1v) is 6.28. The molecule has 0 radical (unpaired) electrons. The Morgan fingerprint density at radius 2 is 2.25 bits per heavy atom. The summed E-state index contributed by atoms with van der Waals surface area (Å²) in [5.74, 6) is 0.738. The third-order valence-corrected chi connectivity index (χ3v) is 3.59. The van der Waals surface area contributed by atoms with Crippen molar-refractivity contribution in [1.29, 1.82) is 0 Å². The average molecular weight is 308 g/mol. The number of hydrogen-bond donors (Lipinski definition) is 0. The highest BCUT2D eigenvalue weighted by molar-refractivity contribution is 9.10. The minimum Gasteiger partial charge on any atom is -0.492 e. The zero-order chi connectivity index (χ0) is 12.1. The first-order valence-electron chi connectivity index (χ1n) is 5.11. The monoisotopic (exact) mass is 306 g/mol. The summed E-state index contributed by atoms with van der Waals surface area (Å²) in [5.41, 5.74) is 0. The van der Waals surface area contributed by atoms with Crippen LogP contribution in [0.3, 0.4) is 0 Å². The number of nitrogens with zero attached hydrogens (tertiary/aromatic N) is 2. The fourth-order valence-electron chi connectivity index (χ4n) is 1.09. The standard InChI is InChI=1S/C11H16BrClN2O/c1-8(15(2)3)4-5-16-9-6-10(12)11(13)14-7-9/h6-8H,4-5H2,1-3H3. The fraction of sp³-hybridized carbons (Fsp3) is 0.545. The second kappa shape index (κ2) is 6.42. The molecule has 0 bridgehead atoms. The molecule has 0 aliphatic carbocycles. The Balaban J connectivity index is 2.40. The highest BCUT2D eigenvalue weighted by atomic mass is 79.9. The number of hydrogen-bond acceptors (Lipinski definition) is 3. The van der Waals surface area contributed by atoms with E-state index in [9.17, 15) is 0 Å². The molecule has 5 heteroatoms. The van der Waals surface area contributed by atoms with Gasteiger partial charge in [0.1, 0.15) is 10.9 Å². The Kier molecular flexibility index (Phi) is 5.52. The SMILES string of the molecule is CC(CCOc1cnc(Cl)c(Br)c1)N(C)C. The Labute approximate surface area is 110 Å². The molecule has 16 heavy (non-hydrogen) atoms. The molecule has 1 heterocycles. The summed E-state index contributed by atoms with van der Waals surface area (Å²) >= 11 is 9.09. The third kappa shape index (κ3) is 4.28.